The van der Waals surface area contributed by atoms with Crippen LogP contribution in [0.25, 0.3) is 22.4 Å². The van der Waals surface area contributed by atoms with Crippen LogP contribution in [0.3, 0.4) is 0 Å². The number of anilines is 2. The van der Waals surface area contributed by atoms with Crippen LogP contribution < -0.4 is 16.2 Å². The van der Waals surface area contributed by atoms with Gasteiger partial charge in [0.15, 0.2) is 5.65 Å². The number of hydrogen-bond donors (Lipinski definition) is 2. The maximum absolute atomic E-state index is 6.15. The number of halogens is 1. The molecular weight excluding hydrogens is 390 g/mol. The number of fused-ring (bicyclic) bond motifs is 1. The third-order valence-corrected chi connectivity index (χ3v) is 4.71. The molecule has 0 amide bonds. The molecule has 29 heavy (non-hydrogen) atoms. The lowest BCUT2D eigenvalue weighted by Gasteiger charge is -2.16. The summed E-state index contributed by atoms with van der Waals surface area (Å²) < 4.78 is 7.92. The second-order valence-corrected chi connectivity index (χ2v) is 7.14. The van der Waals surface area contributed by atoms with Gasteiger partial charge in [0.2, 0.25) is 5.88 Å². The highest BCUT2D eigenvalue weighted by molar-refractivity contribution is 6.31. The van der Waals surface area contributed by atoms with Gasteiger partial charge in [-0.25, -0.2) is 19.9 Å². The van der Waals surface area contributed by atoms with E-state index in [-0.39, 0.29) is 6.10 Å². The van der Waals surface area contributed by atoms with Crippen molar-refractivity contribution in [2.45, 2.75) is 26.5 Å². The van der Waals surface area contributed by atoms with Crippen molar-refractivity contribution in [3.05, 3.63) is 53.4 Å². The van der Waals surface area contributed by atoms with Crippen molar-refractivity contribution < 1.29 is 4.74 Å². The first-order valence-corrected chi connectivity index (χ1v) is 9.43. The molecule has 0 fully saturated rings. The van der Waals surface area contributed by atoms with Crippen molar-refractivity contribution in [2.75, 3.05) is 11.5 Å². The quantitative estimate of drug-likeness (QED) is 0.518. The number of nitrogen functional groups attached to an aromatic ring is 2. The van der Waals surface area contributed by atoms with E-state index in [1.165, 1.54) is 0 Å². The van der Waals surface area contributed by atoms with Gasteiger partial charge in [0.1, 0.15) is 34.1 Å². The van der Waals surface area contributed by atoms with Crippen LogP contribution in [0.1, 0.15) is 12.7 Å². The van der Waals surface area contributed by atoms with E-state index in [0.29, 0.717) is 29.1 Å². The Labute approximate surface area is 172 Å². The summed E-state index contributed by atoms with van der Waals surface area (Å²) in [5.74, 6) is 1.93. The predicted octanol–water partition coefficient (Wildman–Crippen LogP) is 3.48. The zero-order valence-corrected chi connectivity index (χ0v) is 16.8. The molecule has 0 radical (unpaired) electrons. The van der Waals surface area contributed by atoms with Crippen molar-refractivity contribution in [2.24, 2.45) is 0 Å². The highest BCUT2D eigenvalue weighted by atomic mass is 35.5. The van der Waals surface area contributed by atoms with Crippen LogP contribution in [0.5, 0.6) is 5.88 Å². The normalized spacial score (nSPS) is 12.2. The molecule has 9 heteroatoms. The van der Waals surface area contributed by atoms with Gasteiger partial charge in [-0.3, -0.25) is 0 Å². The van der Waals surface area contributed by atoms with E-state index in [2.05, 4.69) is 15.0 Å². The molecule has 0 saturated carbocycles. The lowest BCUT2D eigenvalue weighted by atomic mass is 10.1. The van der Waals surface area contributed by atoms with E-state index < -0.39 is 0 Å². The van der Waals surface area contributed by atoms with Gasteiger partial charge >= 0.3 is 0 Å². The van der Waals surface area contributed by atoms with Gasteiger partial charge in [0.05, 0.1) is 12.2 Å². The minimum Gasteiger partial charge on any atom is -0.472 e. The van der Waals surface area contributed by atoms with Crippen LogP contribution >= 0.6 is 11.6 Å². The van der Waals surface area contributed by atoms with Crippen LogP contribution in [0.15, 0.2) is 42.6 Å². The van der Waals surface area contributed by atoms with Gasteiger partial charge in [-0.05, 0) is 50.2 Å². The summed E-state index contributed by atoms with van der Waals surface area (Å²) in [4.78, 5) is 17.6. The molecule has 0 saturated heterocycles. The first kappa shape index (κ1) is 18.9. The zero-order chi connectivity index (χ0) is 20.5. The fourth-order valence-corrected chi connectivity index (χ4v) is 3.32. The van der Waals surface area contributed by atoms with Crippen LogP contribution in [0, 0.1) is 6.92 Å². The average molecular weight is 410 g/mol. The van der Waals surface area contributed by atoms with Gasteiger partial charge in [-0.2, -0.15) is 0 Å². The van der Waals surface area contributed by atoms with Gasteiger partial charge < -0.3 is 20.8 Å². The molecule has 0 unspecified atom stereocenters. The Balaban J connectivity index is 1.67. The summed E-state index contributed by atoms with van der Waals surface area (Å²) >= 11 is 6.15. The van der Waals surface area contributed by atoms with Crippen LogP contribution in [0.2, 0.25) is 5.02 Å². The van der Waals surface area contributed by atoms with E-state index >= 15 is 0 Å². The van der Waals surface area contributed by atoms with E-state index in [0.717, 1.165) is 28.2 Å². The smallest absolute Gasteiger partial charge is 0.232 e. The fourth-order valence-electron chi connectivity index (χ4n) is 3.16. The number of nitrogens with two attached hydrogens (primary N) is 2. The highest BCUT2D eigenvalue weighted by Crippen LogP contribution is 2.25. The number of aromatic nitrogens is 5. The molecule has 1 atom stereocenters. The number of ether oxygens (including phenoxy) is 1. The molecule has 0 aliphatic carbocycles. The summed E-state index contributed by atoms with van der Waals surface area (Å²) in [5.41, 5.74) is 14.7. The fraction of sp³-hybridized carbons (Fsp3) is 0.200. The summed E-state index contributed by atoms with van der Waals surface area (Å²) in [6.07, 6.45) is 1.45. The molecule has 4 aromatic rings. The van der Waals surface area contributed by atoms with Crippen molar-refractivity contribution in [3.63, 3.8) is 0 Å². The predicted molar refractivity (Wildman–Crippen MR) is 114 cm³/mol. The Morgan fingerprint density at radius 1 is 1.10 bits per heavy atom. The Kier molecular flexibility index (Phi) is 4.94. The molecule has 0 aliphatic rings. The molecule has 4 N–H and O–H groups in total. The van der Waals surface area contributed by atoms with Crippen molar-refractivity contribution in [1.29, 1.82) is 0 Å². The number of pyridine rings is 3. The molecule has 8 nitrogen and oxygen atoms in total. The number of hydrogen-bond acceptors (Lipinski definition) is 7. The van der Waals surface area contributed by atoms with Gasteiger partial charge in [0, 0.05) is 11.8 Å². The molecule has 0 aliphatic heterocycles. The SMILES string of the molecule is Cc1nc2ccc(-c3cc(N)nc(N)c3)nc2n1C[C@@H](C)Oc1ncccc1Cl. The minimum atomic E-state index is -0.198. The van der Waals surface area contributed by atoms with E-state index in [4.69, 9.17) is 32.8 Å². The lowest BCUT2D eigenvalue weighted by Crippen LogP contribution is -2.21. The molecule has 148 valence electrons. The Bertz CT molecular complexity index is 1170. The second-order valence-electron chi connectivity index (χ2n) is 6.73. The van der Waals surface area contributed by atoms with Crippen molar-refractivity contribution in [3.8, 4) is 17.1 Å². The first-order chi connectivity index (χ1) is 13.9. The first-order valence-electron chi connectivity index (χ1n) is 9.05. The minimum absolute atomic E-state index is 0.198. The largest absolute Gasteiger partial charge is 0.472 e. The van der Waals surface area contributed by atoms with E-state index in [1.807, 2.05) is 30.5 Å². The van der Waals surface area contributed by atoms with E-state index in [9.17, 15) is 0 Å². The monoisotopic (exact) mass is 409 g/mol. The Morgan fingerprint density at radius 2 is 1.86 bits per heavy atom. The third-order valence-electron chi connectivity index (χ3n) is 4.42. The maximum atomic E-state index is 6.15. The van der Waals surface area contributed by atoms with Gasteiger partial charge in [-0.15, -0.1) is 0 Å². The number of nitrogens with zero attached hydrogens (tertiary/aromatic N) is 5. The Hall–Kier alpha value is -3.39. The van der Waals surface area contributed by atoms with Crippen molar-refractivity contribution in [1.82, 2.24) is 24.5 Å². The van der Waals surface area contributed by atoms with Crippen LogP contribution in [-0.2, 0) is 6.54 Å². The summed E-state index contributed by atoms with van der Waals surface area (Å²) in [6, 6.07) is 10.8. The molecule has 4 heterocycles. The van der Waals surface area contributed by atoms with Gasteiger partial charge in [-0.1, -0.05) is 11.6 Å². The number of aryl methyl sites for hydroxylation is 1. The number of rotatable bonds is 5. The molecule has 0 spiro atoms. The lowest BCUT2D eigenvalue weighted by molar-refractivity contribution is 0.192. The average Bonchev–Trinajstić information content (AvgIpc) is 2.97. The van der Waals surface area contributed by atoms with E-state index in [1.54, 1.807) is 30.5 Å². The Morgan fingerprint density at radius 3 is 2.59 bits per heavy atom. The topological polar surface area (TPSA) is 118 Å². The molecule has 0 bridgehead atoms. The van der Waals surface area contributed by atoms with Gasteiger partial charge in [0.25, 0.3) is 0 Å². The molecular formula is C20H20ClN7O. The molecule has 4 aromatic heterocycles. The summed E-state index contributed by atoms with van der Waals surface area (Å²) in [6.45, 7) is 4.42. The summed E-state index contributed by atoms with van der Waals surface area (Å²) in [7, 11) is 0. The number of imidazole rings is 1. The van der Waals surface area contributed by atoms with Crippen LogP contribution in [-0.4, -0.2) is 30.6 Å². The van der Waals surface area contributed by atoms with Crippen LogP contribution in [0.4, 0.5) is 11.6 Å². The molecule has 0 aromatic carbocycles. The third kappa shape index (κ3) is 3.93. The molecule has 4 rings (SSSR count). The zero-order valence-electron chi connectivity index (χ0n) is 16.0. The maximum Gasteiger partial charge on any atom is 0.232 e. The van der Waals surface area contributed by atoms with Crippen molar-refractivity contribution >= 4 is 34.4 Å². The summed E-state index contributed by atoms with van der Waals surface area (Å²) in [5, 5.41) is 0.472. The highest BCUT2D eigenvalue weighted by Gasteiger charge is 2.16. The standard InChI is InChI=1S/C20H20ClN7O/c1-11(29-20-14(21)4-3-7-24-20)10-28-12(2)25-16-6-5-15(26-19(16)28)13-8-17(22)27-18(23)9-13/h3-9,11H,10H2,1-2H3,(H4,22,23,27)/t11-/m1/s1. The second kappa shape index (κ2) is 7.56.